The van der Waals surface area contributed by atoms with Gasteiger partial charge in [-0.15, -0.1) is 0 Å². The highest BCUT2D eigenvalue weighted by atomic mass is 16.1. The van der Waals surface area contributed by atoms with E-state index in [1.54, 1.807) is 18.3 Å². The molecule has 7 nitrogen and oxygen atoms in total. The Bertz CT molecular complexity index is 469. The lowest BCUT2D eigenvalue weighted by Gasteiger charge is -2.13. The third-order valence-corrected chi connectivity index (χ3v) is 2.57. The molecule has 1 rings (SSSR count). The molecule has 0 aliphatic rings. The lowest BCUT2D eigenvalue weighted by atomic mass is 10.1. The van der Waals surface area contributed by atoms with E-state index in [0.29, 0.717) is 18.8 Å². The molecule has 1 aromatic rings. The van der Waals surface area contributed by atoms with Gasteiger partial charge in [0.25, 0.3) is 0 Å². The number of azide groups is 1. The zero-order valence-corrected chi connectivity index (χ0v) is 11.2. The summed E-state index contributed by atoms with van der Waals surface area (Å²) in [6, 6.07) is 3.50. The number of hydrogen-bond acceptors (Lipinski definition) is 5. The quantitative estimate of drug-likeness (QED) is 0.253. The molecule has 102 valence electrons. The molecule has 0 saturated carbocycles. The number of rotatable bonds is 8. The molecular weight excluding hydrogens is 244 g/mol. The maximum Gasteiger partial charge on any atom is 0.159 e. The highest BCUT2D eigenvalue weighted by Gasteiger charge is 2.01. The Labute approximate surface area is 112 Å². The summed E-state index contributed by atoms with van der Waals surface area (Å²) in [5.41, 5.74) is 9.70. The van der Waals surface area contributed by atoms with Gasteiger partial charge in [0.2, 0.25) is 0 Å². The number of Topliss-reactive ketones (excluding diaryl/α,β-unsaturated/α-hetero) is 1. The van der Waals surface area contributed by atoms with Crippen LogP contribution in [0.1, 0.15) is 23.0 Å². The van der Waals surface area contributed by atoms with Crippen molar-refractivity contribution in [3.63, 3.8) is 0 Å². The van der Waals surface area contributed by atoms with Crippen molar-refractivity contribution in [2.45, 2.75) is 13.5 Å². The maximum atomic E-state index is 11.2. The van der Waals surface area contributed by atoms with Crippen LogP contribution < -0.4 is 5.32 Å². The molecule has 0 fully saturated rings. The summed E-state index contributed by atoms with van der Waals surface area (Å²) < 4.78 is 0. The van der Waals surface area contributed by atoms with Crippen LogP contribution in [0.3, 0.4) is 0 Å². The first-order valence-electron chi connectivity index (χ1n) is 5.99. The second kappa shape index (κ2) is 8.20. The molecule has 0 spiro atoms. The van der Waals surface area contributed by atoms with Crippen LogP contribution in [0.15, 0.2) is 23.4 Å². The molecule has 0 aromatic carbocycles. The molecule has 0 amide bonds. The SMILES string of the molecule is CC(=O)c1ccnc(CNCCN(C)CN=[N+]=[N-])c1. The maximum absolute atomic E-state index is 11.2. The fourth-order valence-electron chi connectivity index (χ4n) is 1.49. The molecule has 0 atom stereocenters. The van der Waals surface area contributed by atoms with E-state index in [1.165, 1.54) is 6.92 Å². The van der Waals surface area contributed by atoms with E-state index in [2.05, 4.69) is 20.3 Å². The Morgan fingerprint density at radius 3 is 3.11 bits per heavy atom. The van der Waals surface area contributed by atoms with Crippen molar-refractivity contribution in [2.24, 2.45) is 5.11 Å². The Morgan fingerprint density at radius 2 is 2.42 bits per heavy atom. The first-order chi connectivity index (χ1) is 9.13. The van der Waals surface area contributed by atoms with Crippen LogP contribution in [0.2, 0.25) is 0 Å². The van der Waals surface area contributed by atoms with Crippen molar-refractivity contribution < 1.29 is 4.79 Å². The molecule has 1 heterocycles. The zero-order chi connectivity index (χ0) is 14.1. The van der Waals surface area contributed by atoms with Gasteiger partial charge >= 0.3 is 0 Å². The highest BCUT2D eigenvalue weighted by Crippen LogP contribution is 2.02. The number of likely N-dealkylation sites (N-methyl/N-ethyl adjacent to an activating group) is 1. The van der Waals surface area contributed by atoms with E-state index < -0.39 is 0 Å². The molecule has 0 aliphatic carbocycles. The molecule has 19 heavy (non-hydrogen) atoms. The predicted octanol–water partition coefficient (Wildman–Crippen LogP) is 1.57. The van der Waals surface area contributed by atoms with Crippen molar-refractivity contribution in [3.05, 3.63) is 40.0 Å². The minimum absolute atomic E-state index is 0.0396. The second-order valence-electron chi connectivity index (χ2n) is 4.22. The summed E-state index contributed by atoms with van der Waals surface area (Å²) >= 11 is 0. The Morgan fingerprint density at radius 1 is 1.63 bits per heavy atom. The summed E-state index contributed by atoms with van der Waals surface area (Å²) in [6.07, 6.45) is 1.64. The first kappa shape index (κ1) is 15.1. The van der Waals surface area contributed by atoms with Gasteiger partial charge in [-0.3, -0.25) is 14.7 Å². The first-order valence-corrected chi connectivity index (χ1v) is 5.99. The topological polar surface area (TPSA) is 94.0 Å². The van der Waals surface area contributed by atoms with Crippen molar-refractivity contribution in [1.82, 2.24) is 15.2 Å². The van der Waals surface area contributed by atoms with E-state index in [9.17, 15) is 4.79 Å². The van der Waals surface area contributed by atoms with Crippen molar-refractivity contribution >= 4 is 5.78 Å². The summed E-state index contributed by atoms with van der Waals surface area (Å²) in [7, 11) is 1.88. The van der Waals surface area contributed by atoms with Gasteiger partial charge in [0, 0.05) is 36.3 Å². The molecule has 0 radical (unpaired) electrons. The minimum atomic E-state index is 0.0396. The lowest BCUT2D eigenvalue weighted by molar-refractivity contribution is 0.101. The normalized spacial score (nSPS) is 10.3. The van der Waals surface area contributed by atoms with E-state index in [1.807, 2.05) is 11.9 Å². The molecular formula is C12H18N6O. The van der Waals surface area contributed by atoms with Gasteiger partial charge in [0.05, 0.1) is 12.4 Å². The van der Waals surface area contributed by atoms with Crippen LogP contribution in [-0.4, -0.2) is 42.5 Å². The second-order valence-corrected chi connectivity index (χ2v) is 4.22. The van der Waals surface area contributed by atoms with Crippen molar-refractivity contribution in [1.29, 1.82) is 0 Å². The van der Waals surface area contributed by atoms with Crippen LogP contribution in [0.25, 0.3) is 10.4 Å². The summed E-state index contributed by atoms with van der Waals surface area (Å²) in [4.78, 5) is 20.0. The average molecular weight is 262 g/mol. The number of nitrogens with one attached hydrogen (secondary N) is 1. The zero-order valence-electron chi connectivity index (χ0n) is 11.2. The van der Waals surface area contributed by atoms with Crippen LogP contribution in [0, 0.1) is 0 Å². The molecule has 0 saturated heterocycles. The fourth-order valence-corrected chi connectivity index (χ4v) is 1.49. The van der Waals surface area contributed by atoms with Crippen LogP contribution in [-0.2, 0) is 6.54 Å². The van der Waals surface area contributed by atoms with Gasteiger partial charge in [0.15, 0.2) is 5.78 Å². The summed E-state index contributed by atoms with van der Waals surface area (Å²) in [5.74, 6) is 0.0396. The van der Waals surface area contributed by atoms with E-state index >= 15 is 0 Å². The third-order valence-electron chi connectivity index (χ3n) is 2.57. The van der Waals surface area contributed by atoms with Gasteiger partial charge in [-0.1, -0.05) is 5.11 Å². The monoisotopic (exact) mass is 262 g/mol. The number of aromatic nitrogens is 1. The predicted molar refractivity (Wildman–Crippen MR) is 72.6 cm³/mol. The van der Waals surface area contributed by atoms with E-state index in [4.69, 9.17) is 5.53 Å². The molecule has 1 aromatic heterocycles. The Kier molecular flexibility index (Phi) is 6.52. The summed E-state index contributed by atoms with van der Waals surface area (Å²) in [5, 5.41) is 6.69. The third kappa shape index (κ3) is 5.96. The lowest BCUT2D eigenvalue weighted by Crippen LogP contribution is -2.29. The fraction of sp³-hybridized carbons (Fsp3) is 0.500. The number of carbonyl (C=O) groups is 1. The molecule has 0 bridgehead atoms. The van der Waals surface area contributed by atoms with Crippen LogP contribution >= 0.6 is 0 Å². The molecule has 7 heteroatoms. The standard InChI is InChI=1S/C12H18N6O/c1-10(19)11-3-4-15-12(7-11)8-14-5-6-18(2)9-16-17-13/h3-4,7,14H,5-6,8-9H2,1-2H3. The Hall–Kier alpha value is -1.95. The molecule has 0 aliphatic heterocycles. The van der Waals surface area contributed by atoms with Gasteiger partial charge < -0.3 is 5.32 Å². The Balaban J connectivity index is 2.31. The number of hydrogen-bond donors (Lipinski definition) is 1. The van der Waals surface area contributed by atoms with E-state index in [0.717, 1.165) is 18.8 Å². The van der Waals surface area contributed by atoms with Crippen molar-refractivity contribution in [2.75, 3.05) is 26.8 Å². The van der Waals surface area contributed by atoms with Gasteiger partial charge in [-0.25, -0.2) is 0 Å². The smallest absolute Gasteiger partial charge is 0.159 e. The van der Waals surface area contributed by atoms with Gasteiger partial charge in [0.1, 0.15) is 0 Å². The van der Waals surface area contributed by atoms with Crippen molar-refractivity contribution in [3.8, 4) is 0 Å². The largest absolute Gasteiger partial charge is 0.310 e. The van der Waals surface area contributed by atoms with Gasteiger partial charge in [-0.05, 0) is 31.6 Å². The minimum Gasteiger partial charge on any atom is -0.310 e. The number of nitrogens with zero attached hydrogens (tertiary/aromatic N) is 5. The number of pyridine rings is 1. The molecule has 0 unspecified atom stereocenters. The van der Waals surface area contributed by atoms with Crippen LogP contribution in [0.4, 0.5) is 0 Å². The molecule has 1 N–H and O–H groups in total. The highest BCUT2D eigenvalue weighted by molar-refractivity contribution is 5.93. The van der Waals surface area contributed by atoms with E-state index in [-0.39, 0.29) is 5.78 Å². The van der Waals surface area contributed by atoms with Gasteiger partial charge in [-0.2, -0.15) is 0 Å². The summed E-state index contributed by atoms with van der Waals surface area (Å²) in [6.45, 7) is 4.03. The van der Waals surface area contributed by atoms with Crippen LogP contribution in [0.5, 0.6) is 0 Å². The number of ketones is 1. The average Bonchev–Trinajstić information content (AvgIpc) is 2.41. The number of carbonyl (C=O) groups excluding carboxylic acids is 1.